The zero-order valence-corrected chi connectivity index (χ0v) is 13.7. The lowest BCUT2D eigenvalue weighted by Crippen LogP contribution is -2.33. The Morgan fingerprint density at radius 1 is 1.25 bits per heavy atom. The number of rotatable bonds is 8. The minimum absolute atomic E-state index is 0.0182. The van der Waals surface area contributed by atoms with Gasteiger partial charge in [0.05, 0.1) is 11.5 Å². The Hall–Kier alpha value is -2.05. The molecule has 0 spiro atoms. The van der Waals surface area contributed by atoms with E-state index in [0.29, 0.717) is 12.8 Å². The van der Waals surface area contributed by atoms with E-state index >= 15 is 0 Å². The maximum absolute atomic E-state index is 13.0. The predicted molar refractivity (Wildman–Crippen MR) is 83.5 cm³/mol. The van der Waals surface area contributed by atoms with Crippen LogP contribution in [-0.2, 0) is 15.8 Å². The quantitative estimate of drug-likeness (QED) is 0.753. The van der Waals surface area contributed by atoms with Crippen molar-refractivity contribution >= 4 is 11.9 Å². The maximum Gasteiger partial charge on any atom is 0.416 e. The Labute approximate surface area is 139 Å². The van der Waals surface area contributed by atoms with Crippen LogP contribution in [0.15, 0.2) is 24.3 Å². The Bertz CT molecular complexity index is 572. The van der Waals surface area contributed by atoms with Crippen LogP contribution in [0.1, 0.15) is 50.2 Å². The van der Waals surface area contributed by atoms with Crippen molar-refractivity contribution in [1.82, 2.24) is 5.32 Å². The minimum atomic E-state index is -4.48. The third kappa shape index (κ3) is 5.86. The average Bonchev–Trinajstić information content (AvgIpc) is 2.50. The summed E-state index contributed by atoms with van der Waals surface area (Å²) in [5, 5.41) is 11.5. The number of carboxylic acids is 1. The molecular formula is C17H22F3NO3. The van der Waals surface area contributed by atoms with E-state index in [2.05, 4.69) is 5.32 Å². The first-order valence-corrected chi connectivity index (χ1v) is 7.82. The third-order valence-electron chi connectivity index (χ3n) is 3.82. The summed E-state index contributed by atoms with van der Waals surface area (Å²) in [5.74, 6) is -2.76. The van der Waals surface area contributed by atoms with Crippen LogP contribution in [0.25, 0.3) is 0 Å². The van der Waals surface area contributed by atoms with E-state index in [1.807, 2.05) is 6.92 Å². The van der Waals surface area contributed by atoms with Crippen LogP contribution < -0.4 is 5.32 Å². The van der Waals surface area contributed by atoms with Gasteiger partial charge < -0.3 is 10.4 Å². The van der Waals surface area contributed by atoms with Crippen molar-refractivity contribution in [3.63, 3.8) is 0 Å². The summed E-state index contributed by atoms with van der Waals surface area (Å²) >= 11 is 0. The van der Waals surface area contributed by atoms with Crippen LogP contribution in [0.3, 0.4) is 0 Å². The van der Waals surface area contributed by atoms with Gasteiger partial charge in [0.25, 0.3) is 0 Å². The summed E-state index contributed by atoms with van der Waals surface area (Å²) in [5.41, 5.74) is -0.691. The van der Waals surface area contributed by atoms with Crippen molar-refractivity contribution in [2.24, 2.45) is 5.92 Å². The van der Waals surface area contributed by atoms with E-state index in [-0.39, 0.29) is 18.5 Å². The highest BCUT2D eigenvalue weighted by atomic mass is 19.4. The van der Waals surface area contributed by atoms with Gasteiger partial charge in [0, 0.05) is 13.0 Å². The molecule has 1 aromatic rings. The maximum atomic E-state index is 13.0. The molecule has 0 aliphatic carbocycles. The van der Waals surface area contributed by atoms with E-state index in [1.165, 1.54) is 18.2 Å². The molecule has 2 atom stereocenters. The lowest BCUT2D eigenvalue weighted by molar-refractivity contribution is -0.142. The van der Waals surface area contributed by atoms with Gasteiger partial charge in [-0.3, -0.25) is 9.59 Å². The van der Waals surface area contributed by atoms with Crippen molar-refractivity contribution in [1.29, 1.82) is 0 Å². The van der Waals surface area contributed by atoms with Gasteiger partial charge in [-0.1, -0.05) is 38.5 Å². The first kappa shape index (κ1) is 20.0. The number of carbonyl (C=O) groups excluding carboxylic acids is 1. The van der Waals surface area contributed by atoms with Crippen LogP contribution in [0.2, 0.25) is 0 Å². The number of carboxylic acid groups (broad SMARTS) is 1. The lowest BCUT2D eigenvalue weighted by atomic mass is 9.92. The summed E-state index contributed by atoms with van der Waals surface area (Å²) in [4.78, 5) is 23.0. The molecule has 0 saturated heterocycles. The fourth-order valence-electron chi connectivity index (χ4n) is 2.54. The third-order valence-corrected chi connectivity index (χ3v) is 3.82. The van der Waals surface area contributed by atoms with E-state index in [9.17, 15) is 22.8 Å². The largest absolute Gasteiger partial charge is 0.481 e. The zero-order chi connectivity index (χ0) is 18.3. The molecule has 0 aliphatic rings. The van der Waals surface area contributed by atoms with Gasteiger partial charge in [-0.05, 0) is 24.0 Å². The first-order valence-electron chi connectivity index (χ1n) is 7.82. The van der Waals surface area contributed by atoms with Crippen LogP contribution in [-0.4, -0.2) is 23.5 Å². The van der Waals surface area contributed by atoms with Gasteiger partial charge in [-0.2, -0.15) is 13.2 Å². The molecule has 4 nitrogen and oxygen atoms in total. The topological polar surface area (TPSA) is 66.4 Å². The molecule has 7 heteroatoms. The SMILES string of the molecule is CCCC(CNC(=O)CC(C)c1ccccc1C(F)(F)F)C(=O)O. The molecule has 1 aromatic carbocycles. The zero-order valence-electron chi connectivity index (χ0n) is 13.7. The van der Waals surface area contributed by atoms with E-state index < -0.39 is 35.5 Å². The Morgan fingerprint density at radius 2 is 1.88 bits per heavy atom. The molecule has 24 heavy (non-hydrogen) atoms. The smallest absolute Gasteiger partial charge is 0.416 e. The van der Waals surface area contributed by atoms with Crippen LogP contribution >= 0.6 is 0 Å². The second-order valence-electron chi connectivity index (χ2n) is 5.82. The highest BCUT2D eigenvalue weighted by Crippen LogP contribution is 2.35. The Morgan fingerprint density at radius 3 is 2.42 bits per heavy atom. The van der Waals surface area contributed by atoms with Gasteiger partial charge in [0.2, 0.25) is 5.91 Å². The molecule has 2 N–H and O–H groups in total. The standard InChI is InChI=1S/C17H22F3NO3/c1-3-6-12(16(23)24)10-21-15(22)9-11(2)13-7-4-5-8-14(13)17(18,19)20/h4-5,7-8,11-12H,3,6,9-10H2,1-2H3,(H,21,22)(H,23,24). The van der Waals surface area contributed by atoms with Crippen molar-refractivity contribution in [3.05, 3.63) is 35.4 Å². The molecule has 1 rings (SSSR count). The van der Waals surface area contributed by atoms with Crippen molar-refractivity contribution in [3.8, 4) is 0 Å². The average molecular weight is 345 g/mol. The monoisotopic (exact) mass is 345 g/mol. The van der Waals surface area contributed by atoms with Gasteiger partial charge >= 0.3 is 12.1 Å². The van der Waals surface area contributed by atoms with Crippen LogP contribution in [0.4, 0.5) is 13.2 Å². The number of hydrogen-bond donors (Lipinski definition) is 2. The molecule has 0 radical (unpaired) electrons. The van der Waals surface area contributed by atoms with Crippen molar-refractivity contribution in [2.45, 2.75) is 45.2 Å². The normalized spacial score (nSPS) is 14.0. The van der Waals surface area contributed by atoms with Gasteiger partial charge in [-0.25, -0.2) is 0 Å². The minimum Gasteiger partial charge on any atom is -0.481 e. The molecular weight excluding hydrogens is 323 g/mol. The predicted octanol–water partition coefficient (Wildman–Crippen LogP) is 3.82. The molecule has 0 saturated carbocycles. The molecule has 2 unspecified atom stereocenters. The number of halogens is 3. The highest BCUT2D eigenvalue weighted by molar-refractivity contribution is 5.78. The lowest BCUT2D eigenvalue weighted by Gasteiger charge is -2.18. The summed E-state index contributed by atoms with van der Waals surface area (Å²) in [7, 11) is 0. The second kappa shape index (κ2) is 8.70. The van der Waals surface area contributed by atoms with E-state index in [0.717, 1.165) is 6.07 Å². The number of hydrogen-bond acceptors (Lipinski definition) is 2. The van der Waals surface area contributed by atoms with Crippen molar-refractivity contribution < 1.29 is 27.9 Å². The fraction of sp³-hybridized carbons (Fsp3) is 0.529. The van der Waals surface area contributed by atoms with E-state index in [1.54, 1.807) is 6.92 Å². The molecule has 0 bridgehead atoms. The number of nitrogens with one attached hydrogen (secondary N) is 1. The number of benzene rings is 1. The van der Waals surface area contributed by atoms with Gasteiger partial charge in [0.15, 0.2) is 0 Å². The molecule has 1 amide bonds. The summed E-state index contributed by atoms with van der Waals surface area (Å²) < 4.78 is 39.0. The second-order valence-corrected chi connectivity index (χ2v) is 5.82. The first-order chi connectivity index (χ1) is 11.2. The Balaban J connectivity index is 2.70. The fourth-order valence-corrected chi connectivity index (χ4v) is 2.54. The highest BCUT2D eigenvalue weighted by Gasteiger charge is 2.34. The van der Waals surface area contributed by atoms with Crippen LogP contribution in [0, 0.1) is 5.92 Å². The number of amides is 1. The summed E-state index contributed by atoms with van der Waals surface area (Å²) in [6, 6.07) is 5.16. The van der Waals surface area contributed by atoms with Gasteiger partial charge in [-0.15, -0.1) is 0 Å². The van der Waals surface area contributed by atoms with Gasteiger partial charge in [0.1, 0.15) is 0 Å². The summed E-state index contributed by atoms with van der Waals surface area (Å²) in [6.45, 7) is 3.37. The molecule has 0 fully saturated rings. The van der Waals surface area contributed by atoms with Crippen LogP contribution in [0.5, 0.6) is 0 Å². The Kier molecular flexibility index (Phi) is 7.25. The van der Waals surface area contributed by atoms with E-state index in [4.69, 9.17) is 5.11 Å². The number of alkyl halides is 3. The number of aliphatic carboxylic acids is 1. The molecule has 0 aromatic heterocycles. The summed E-state index contributed by atoms with van der Waals surface area (Å²) in [6.07, 6.45) is -3.51. The molecule has 0 heterocycles. The molecule has 134 valence electrons. The van der Waals surface area contributed by atoms with Crippen molar-refractivity contribution in [2.75, 3.05) is 6.54 Å². The molecule has 0 aliphatic heterocycles. The number of carbonyl (C=O) groups is 2.